The molecule has 30 heavy (non-hydrogen) atoms. The smallest absolute Gasteiger partial charge is 0.473 e. The molecule has 0 amide bonds. The van der Waals surface area contributed by atoms with Gasteiger partial charge in [0.05, 0.1) is 10.3 Å². The van der Waals surface area contributed by atoms with Crippen molar-refractivity contribution in [3.05, 3.63) is 29.8 Å². The molecule has 0 fully saturated rings. The lowest BCUT2D eigenvalue weighted by atomic mass is 9.97. The number of hydrogen-bond acceptors (Lipinski definition) is 9. The summed E-state index contributed by atoms with van der Waals surface area (Å²) in [5, 5.41) is 9.64. The molecule has 0 aliphatic heterocycles. The van der Waals surface area contributed by atoms with Gasteiger partial charge in [0.25, 0.3) is 0 Å². The Morgan fingerprint density at radius 1 is 0.867 bits per heavy atom. The fraction of sp³-hybridized carbons (Fsp3) is 0.526. The molecule has 1 aromatic rings. The van der Waals surface area contributed by atoms with Gasteiger partial charge in [-0.1, -0.05) is 17.7 Å². The molecule has 0 saturated carbocycles. The van der Waals surface area contributed by atoms with E-state index in [0.29, 0.717) is 0 Å². The number of carboxylic acids is 1. The molecule has 0 aromatic heterocycles. The van der Waals surface area contributed by atoms with Crippen LogP contribution < -0.4 is 0 Å². The van der Waals surface area contributed by atoms with Crippen molar-refractivity contribution in [3.8, 4) is 0 Å². The minimum atomic E-state index is -4.85. The minimum absolute atomic E-state index is 0.446. The van der Waals surface area contributed by atoms with Gasteiger partial charge < -0.3 is 19.3 Å². The van der Waals surface area contributed by atoms with E-state index < -0.39 is 50.1 Å². The molecule has 0 radical (unpaired) electrons. The van der Waals surface area contributed by atoms with E-state index in [4.69, 9.17) is 9.47 Å². The van der Waals surface area contributed by atoms with Crippen LogP contribution >= 0.6 is 0 Å². The van der Waals surface area contributed by atoms with Gasteiger partial charge in [0, 0.05) is 0 Å². The van der Waals surface area contributed by atoms with Crippen molar-refractivity contribution >= 4 is 28.2 Å². The highest BCUT2D eigenvalue weighted by Crippen LogP contribution is 2.29. The van der Waals surface area contributed by atoms with Gasteiger partial charge in [-0.2, -0.15) is 12.6 Å². The average Bonchev–Trinajstić information content (AvgIpc) is 2.51. The third-order valence-corrected chi connectivity index (χ3v) is 4.53. The zero-order chi connectivity index (χ0) is 23.5. The predicted octanol–water partition coefficient (Wildman–Crippen LogP) is 2.98. The second-order valence-corrected chi connectivity index (χ2v) is 9.96. The molecule has 0 heterocycles. The van der Waals surface area contributed by atoms with Gasteiger partial charge >= 0.3 is 34.2 Å². The maximum absolute atomic E-state index is 12.7. The predicted molar refractivity (Wildman–Crippen MR) is 103 cm³/mol. The molecule has 168 valence electrons. The normalized spacial score (nSPS) is 14.4. The highest BCUT2D eigenvalue weighted by atomic mass is 32.2. The molecule has 1 atom stereocenters. The molecule has 1 unspecified atom stereocenters. The molecule has 0 bridgehead atoms. The van der Waals surface area contributed by atoms with E-state index in [-0.39, 0.29) is 0 Å². The summed E-state index contributed by atoms with van der Waals surface area (Å²) in [6.07, 6.45) is -1.62. The fourth-order valence-corrected chi connectivity index (χ4v) is 2.72. The first-order chi connectivity index (χ1) is 13.4. The van der Waals surface area contributed by atoms with Crippen LogP contribution in [0.2, 0.25) is 0 Å². The second kappa shape index (κ2) is 8.60. The SMILES string of the molecule is Cc1ccc(S(=O)(=O)OC(OC(=O)OC(C)(C)C)(OC(=O)C(C)(C)C)C(=O)O)cc1. The number of aryl methyl sites for hydroxylation is 1. The topological polar surface area (TPSA) is 142 Å². The van der Waals surface area contributed by atoms with Crippen molar-refractivity contribution in [2.75, 3.05) is 0 Å². The maximum Gasteiger partial charge on any atom is 0.514 e. The number of aliphatic carboxylic acids is 1. The second-order valence-electron chi connectivity index (χ2n) is 8.42. The summed E-state index contributed by atoms with van der Waals surface area (Å²) < 4.78 is 44.2. The number of esters is 1. The molecule has 1 N–H and O–H groups in total. The number of hydrogen-bond donors (Lipinski definition) is 1. The summed E-state index contributed by atoms with van der Waals surface area (Å²) in [5.41, 5.74) is -1.68. The number of carboxylic acid groups (broad SMARTS) is 1. The van der Waals surface area contributed by atoms with E-state index in [0.717, 1.165) is 17.7 Å². The Morgan fingerprint density at radius 2 is 1.37 bits per heavy atom. The lowest BCUT2D eigenvalue weighted by molar-refractivity contribution is -0.300. The molecule has 0 aliphatic rings. The molecule has 1 rings (SSSR count). The van der Waals surface area contributed by atoms with E-state index in [9.17, 15) is 27.9 Å². The van der Waals surface area contributed by atoms with E-state index >= 15 is 0 Å². The number of ether oxygens (including phenoxy) is 3. The van der Waals surface area contributed by atoms with Crippen LogP contribution in [0.3, 0.4) is 0 Å². The van der Waals surface area contributed by atoms with Crippen LogP contribution in [-0.2, 0) is 38.1 Å². The number of carbonyl (C=O) groups excluding carboxylic acids is 2. The highest BCUT2D eigenvalue weighted by molar-refractivity contribution is 7.86. The Balaban J connectivity index is 3.45. The molecule has 0 aliphatic carbocycles. The summed E-state index contributed by atoms with van der Waals surface area (Å²) in [6.45, 7) is 10.2. The van der Waals surface area contributed by atoms with Crippen molar-refractivity contribution in [3.63, 3.8) is 0 Å². The van der Waals surface area contributed by atoms with Crippen LogP contribution in [-0.4, -0.2) is 43.2 Å². The standard InChI is InChI=1S/C19H26O10S/c1-12-8-10-13(11-9-12)30(24,25)29-19(14(20)21,26-15(22)17(2,3)4)28-16(23)27-18(5,6)7/h8-11H,1-7H3,(H,20,21). The van der Waals surface area contributed by atoms with Gasteiger partial charge in [0.15, 0.2) is 0 Å². The Morgan fingerprint density at radius 3 is 1.77 bits per heavy atom. The quantitative estimate of drug-likeness (QED) is 0.393. The zero-order valence-corrected chi connectivity index (χ0v) is 18.7. The average molecular weight is 446 g/mol. The van der Waals surface area contributed by atoms with E-state index in [1.807, 2.05) is 0 Å². The Hall–Kier alpha value is -2.66. The lowest BCUT2D eigenvalue weighted by Crippen LogP contribution is -2.53. The molecule has 0 spiro atoms. The monoisotopic (exact) mass is 446 g/mol. The first kappa shape index (κ1) is 25.4. The van der Waals surface area contributed by atoms with Gasteiger partial charge in [-0.25, -0.2) is 9.59 Å². The van der Waals surface area contributed by atoms with Gasteiger partial charge in [-0.05, 0) is 60.6 Å². The zero-order valence-electron chi connectivity index (χ0n) is 17.8. The largest absolute Gasteiger partial charge is 0.514 e. The van der Waals surface area contributed by atoms with Gasteiger partial charge in [0.2, 0.25) is 0 Å². The summed E-state index contributed by atoms with van der Waals surface area (Å²) in [7, 11) is -4.85. The Labute approximate surface area is 175 Å². The fourth-order valence-electron chi connectivity index (χ4n) is 1.73. The van der Waals surface area contributed by atoms with Gasteiger partial charge in [0.1, 0.15) is 5.60 Å². The number of carbonyl (C=O) groups is 3. The van der Waals surface area contributed by atoms with Crippen LogP contribution in [0.25, 0.3) is 0 Å². The summed E-state index contributed by atoms with van der Waals surface area (Å²) in [6, 6.07) is 5.18. The van der Waals surface area contributed by atoms with Gasteiger partial charge in [-0.3, -0.25) is 4.79 Å². The summed E-state index contributed by atoms with van der Waals surface area (Å²) >= 11 is 0. The molecular formula is C19H26O10S. The lowest BCUT2D eigenvalue weighted by Gasteiger charge is -2.30. The first-order valence-corrected chi connectivity index (χ1v) is 10.2. The maximum atomic E-state index is 12.7. The van der Waals surface area contributed by atoms with Crippen molar-refractivity contribution in [2.45, 2.75) is 64.9 Å². The van der Waals surface area contributed by atoms with Crippen LogP contribution in [0.4, 0.5) is 4.79 Å². The third kappa shape index (κ3) is 6.99. The summed E-state index contributed by atoms with van der Waals surface area (Å²) in [4.78, 5) is 35.9. The number of benzene rings is 1. The summed E-state index contributed by atoms with van der Waals surface area (Å²) in [5.74, 6) is -7.04. The molecule has 0 saturated heterocycles. The van der Waals surface area contributed by atoms with Crippen LogP contribution in [0, 0.1) is 12.3 Å². The Kier molecular flexibility index (Phi) is 7.28. The van der Waals surface area contributed by atoms with E-state index in [1.165, 1.54) is 53.7 Å². The van der Waals surface area contributed by atoms with Crippen molar-refractivity contribution < 1.29 is 46.3 Å². The van der Waals surface area contributed by atoms with E-state index in [2.05, 4.69) is 8.92 Å². The van der Waals surface area contributed by atoms with Gasteiger partial charge in [-0.15, -0.1) is 0 Å². The molecule has 1 aromatic carbocycles. The molecule has 10 nitrogen and oxygen atoms in total. The highest BCUT2D eigenvalue weighted by Gasteiger charge is 2.56. The minimum Gasteiger partial charge on any atom is -0.473 e. The number of rotatable bonds is 6. The van der Waals surface area contributed by atoms with Crippen LogP contribution in [0.15, 0.2) is 29.2 Å². The van der Waals surface area contributed by atoms with Crippen LogP contribution in [0.1, 0.15) is 47.1 Å². The third-order valence-electron chi connectivity index (χ3n) is 3.24. The van der Waals surface area contributed by atoms with Crippen molar-refractivity contribution in [1.82, 2.24) is 0 Å². The first-order valence-electron chi connectivity index (χ1n) is 8.79. The van der Waals surface area contributed by atoms with Crippen molar-refractivity contribution in [2.24, 2.45) is 5.41 Å². The molecule has 11 heteroatoms. The Bertz CT molecular complexity index is 904. The van der Waals surface area contributed by atoms with Crippen LogP contribution in [0.5, 0.6) is 0 Å². The molecular weight excluding hydrogens is 420 g/mol. The van der Waals surface area contributed by atoms with Crippen molar-refractivity contribution in [1.29, 1.82) is 0 Å². The van der Waals surface area contributed by atoms with E-state index in [1.54, 1.807) is 6.92 Å².